The number of likely N-dealkylation sites (N-methyl/N-ethyl adjacent to an activating group) is 1. The summed E-state index contributed by atoms with van der Waals surface area (Å²) < 4.78 is 9.55. The predicted octanol–water partition coefficient (Wildman–Crippen LogP) is 1.88. The lowest BCUT2D eigenvalue weighted by Crippen LogP contribution is -2.50. The average molecular weight is 386 g/mol. The minimum Gasteiger partial charge on any atom is -0.622 e. The van der Waals surface area contributed by atoms with Crippen molar-refractivity contribution in [2.24, 2.45) is 0 Å². The molecule has 9 nitrogen and oxygen atoms in total. The van der Waals surface area contributed by atoms with Gasteiger partial charge in [-0.15, -0.1) is 0 Å². The van der Waals surface area contributed by atoms with E-state index in [1.807, 2.05) is 11.8 Å². The summed E-state index contributed by atoms with van der Waals surface area (Å²) in [6.45, 7) is 2.95. The number of carbonyl (C=O) groups is 1. The van der Waals surface area contributed by atoms with Gasteiger partial charge in [0.1, 0.15) is 11.8 Å². The number of methoxy groups -OCH3 is 1. The number of hydrogen-bond donors (Lipinski definition) is 0. The van der Waals surface area contributed by atoms with E-state index in [1.165, 1.54) is 19.4 Å². The van der Waals surface area contributed by atoms with Gasteiger partial charge >= 0.3 is 11.1 Å². The predicted molar refractivity (Wildman–Crippen MR) is 92.2 cm³/mol. The van der Waals surface area contributed by atoms with Crippen LogP contribution in [0, 0.1) is 5.21 Å². The van der Waals surface area contributed by atoms with Crippen LogP contribution in [0.25, 0.3) is 0 Å². The Morgan fingerprint density at radius 2 is 2.36 bits per heavy atom. The monoisotopic (exact) mass is 385 g/mol. The van der Waals surface area contributed by atoms with E-state index in [4.69, 9.17) is 21.1 Å². The van der Waals surface area contributed by atoms with Crippen molar-refractivity contribution < 1.29 is 14.3 Å². The molecular weight excluding hydrogens is 370 g/mol. The normalized spacial score (nSPS) is 23.6. The van der Waals surface area contributed by atoms with Gasteiger partial charge in [-0.3, -0.25) is 4.65 Å². The van der Waals surface area contributed by atoms with Crippen molar-refractivity contribution in [3.8, 4) is 5.19 Å². The summed E-state index contributed by atoms with van der Waals surface area (Å²) >= 11 is 6.96. The van der Waals surface area contributed by atoms with Crippen LogP contribution in [-0.2, 0) is 4.74 Å². The minimum absolute atomic E-state index is 0.0272. The second-order valence-corrected chi connectivity index (χ2v) is 6.64. The van der Waals surface area contributed by atoms with E-state index < -0.39 is 16.8 Å². The zero-order valence-corrected chi connectivity index (χ0v) is 15.2. The van der Waals surface area contributed by atoms with Crippen LogP contribution in [0.4, 0.5) is 5.13 Å². The molecule has 2 atom stereocenters. The highest BCUT2D eigenvalue weighted by atomic mass is 35.5. The Kier molecular flexibility index (Phi) is 5.16. The maximum Gasteiger partial charge on any atom is 0.345 e. The maximum atomic E-state index is 13.4. The molecule has 0 aliphatic carbocycles. The molecule has 1 aliphatic heterocycles. The Bertz CT molecular complexity index is 775. The minimum atomic E-state index is -0.985. The summed E-state index contributed by atoms with van der Waals surface area (Å²) in [6.07, 6.45) is 0.482. The number of quaternary nitrogens is 1. The lowest BCUT2D eigenvalue weighted by atomic mass is 10.3. The first kappa shape index (κ1) is 18.0. The number of aromatic nitrogens is 3. The van der Waals surface area contributed by atoms with Crippen molar-refractivity contribution in [3.63, 3.8) is 0 Å². The van der Waals surface area contributed by atoms with Crippen LogP contribution in [0.3, 0.4) is 0 Å². The van der Waals surface area contributed by atoms with Gasteiger partial charge in [0, 0.05) is 24.1 Å². The van der Waals surface area contributed by atoms with Crippen LogP contribution in [0.2, 0.25) is 5.15 Å². The van der Waals surface area contributed by atoms with Gasteiger partial charge in [0.05, 0.1) is 19.2 Å². The fraction of sp³-hybridized carbons (Fsp3) is 0.429. The fourth-order valence-electron chi connectivity index (χ4n) is 2.50. The molecule has 2 aromatic rings. The molecule has 1 fully saturated rings. The largest absolute Gasteiger partial charge is 0.622 e. The van der Waals surface area contributed by atoms with Gasteiger partial charge in [-0.2, -0.15) is 0 Å². The number of hydroxylamine groups is 2. The number of carbonyl (C=O) groups excluding carboxylic acids is 1. The van der Waals surface area contributed by atoms with Crippen LogP contribution >= 0.6 is 22.9 Å². The number of pyridine rings is 1. The summed E-state index contributed by atoms with van der Waals surface area (Å²) in [5.41, 5.74) is 0.112. The Hall–Kier alpha value is -1.85. The van der Waals surface area contributed by atoms with Crippen molar-refractivity contribution in [2.75, 3.05) is 26.9 Å². The lowest BCUT2D eigenvalue weighted by molar-refractivity contribution is 0.00550. The molecule has 0 saturated carbocycles. The second kappa shape index (κ2) is 7.18. The Morgan fingerprint density at radius 3 is 3.00 bits per heavy atom. The van der Waals surface area contributed by atoms with Gasteiger partial charge in [-0.05, 0) is 12.1 Å². The van der Waals surface area contributed by atoms with E-state index >= 15 is 0 Å². The van der Waals surface area contributed by atoms with Crippen LogP contribution in [0.15, 0.2) is 18.3 Å². The Labute approximate surface area is 152 Å². The zero-order chi connectivity index (χ0) is 18.0. The van der Waals surface area contributed by atoms with Gasteiger partial charge in [0.25, 0.3) is 11.4 Å². The van der Waals surface area contributed by atoms with Crippen LogP contribution < -0.4 is 9.38 Å². The Morgan fingerprint density at radius 1 is 1.56 bits per heavy atom. The van der Waals surface area contributed by atoms with Gasteiger partial charge in [-0.25, -0.2) is 14.7 Å². The highest BCUT2D eigenvalue weighted by molar-refractivity contribution is 7.16. The molecule has 3 heterocycles. The summed E-state index contributed by atoms with van der Waals surface area (Å²) in [7, 11) is 1.45. The van der Waals surface area contributed by atoms with E-state index in [2.05, 4.69) is 15.2 Å². The molecule has 25 heavy (non-hydrogen) atoms. The standard InChI is InChI=1S/C14H16ClN5O4S/c1-3-19-7-10(24-12(21)9-5-4-6-16-11(9)15)20(22,8-19)13-17-18-14(23-2)25-13/h4-6,10H,3,7-8H2,1-2H3. The molecule has 1 aliphatic rings. The zero-order valence-electron chi connectivity index (χ0n) is 13.6. The number of ether oxygens (including phenoxy) is 2. The molecule has 2 aromatic heterocycles. The average Bonchev–Trinajstić information content (AvgIpc) is 3.21. The molecule has 0 radical (unpaired) electrons. The van der Waals surface area contributed by atoms with Crippen molar-refractivity contribution >= 4 is 34.0 Å². The quantitative estimate of drug-likeness (QED) is 0.333. The number of hydrogen-bond acceptors (Lipinski definition) is 9. The molecule has 1 saturated heterocycles. The van der Waals surface area contributed by atoms with Gasteiger partial charge in [-0.1, -0.05) is 28.7 Å². The van der Waals surface area contributed by atoms with Crippen molar-refractivity contribution in [2.45, 2.75) is 13.2 Å². The maximum absolute atomic E-state index is 13.4. The highest BCUT2D eigenvalue weighted by Gasteiger charge is 2.46. The molecule has 0 N–H and O–H groups in total. The molecule has 0 amide bonds. The first-order chi connectivity index (χ1) is 12.0. The van der Waals surface area contributed by atoms with Crippen LogP contribution in [0.5, 0.6) is 5.19 Å². The highest BCUT2D eigenvalue weighted by Crippen LogP contribution is 2.36. The van der Waals surface area contributed by atoms with Gasteiger partial charge in [0.2, 0.25) is 0 Å². The summed E-state index contributed by atoms with van der Waals surface area (Å²) in [5, 5.41) is 21.6. The molecule has 0 aromatic carbocycles. The lowest BCUT2D eigenvalue weighted by Gasteiger charge is -2.38. The smallest absolute Gasteiger partial charge is 0.345 e. The summed E-state index contributed by atoms with van der Waals surface area (Å²) in [4.78, 5) is 18.2. The number of esters is 1. The second-order valence-electron chi connectivity index (χ2n) is 5.36. The van der Waals surface area contributed by atoms with Crippen LogP contribution in [-0.4, -0.2) is 59.1 Å². The third-order valence-corrected chi connectivity index (χ3v) is 5.15. The van der Waals surface area contributed by atoms with Crippen LogP contribution in [0.1, 0.15) is 17.3 Å². The Balaban J connectivity index is 1.87. The molecule has 0 bridgehead atoms. The van der Waals surface area contributed by atoms with E-state index in [0.717, 1.165) is 11.3 Å². The first-order valence-electron chi connectivity index (χ1n) is 7.48. The van der Waals surface area contributed by atoms with E-state index in [1.54, 1.807) is 6.07 Å². The molecule has 0 spiro atoms. The number of rotatable bonds is 5. The van der Waals surface area contributed by atoms with Crippen molar-refractivity contribution in [1.29, 1.82) is 0 Å². The summed E-state index contributed by atoms with van der Waals surface area (Å²) in [6, 6.07) is 3.07. The summed E-state index contributed by atoms with van der Waals surface area (Å²) in [5.74, 6) is -0.698. The SMILES string of the molecule is CCN1CC(OC(=O)c2cccnc2Cl)[N+]([O-])(c2nnc(OC)s2)C1. The van der Waals surface area contributed by atoms with E-state index in [0.29, 0.717) is 6.54 Å². The third-order valence-electron chi connectivity index (χ3n) is 3.85. The third kappa shape index (κ3) is 3.44. The fourth-order valence-corrected chi connectivity index (χ4v) is 3.43. The van der Waals surface area contributed by atoms with Gasteiger partial charge < -0.3 is 14.7 Å². The van der Waals surface area contributed by atoms with Crippen molar-refractivity contribution in [1.82, 2.24) is 24.7 Å². The molecule has 2 unspecified atom stereocenters. The van der Waals surface area contributed by atoms with Gasteiger partial charge in [0.15, 0.2) is 0 Å². The molecule has 11 heteroatoms. The first-order valence-corrected chi connectivity index (χ1v) is 8.68. The molecular formula is C14H16ClN5O4S. The number of nitrogens with zero attached hydrogens (tertiary/aromatic N) is 5. The number of halogens is 1. The van der Waals surface area contributed by atoms with E-state index in [9.17, 15) is 10.0 Å². The van der Waals surface area contributed by atoms with Crippen molar-refractivity contribution in [3.05, 3.63) is 34.3 Å². The molecule has 134 valence electrons. The van der Waals surface area contributed by atoms with E-state index in [-0.39, 0.29) is 34.3 Å². The topological polar surface area (TPSA) is 100 Å². The molecule has 3 rings (SSSR count).